The monoisotopic (exact) mass is 278 g/mol. The van der Waals surface area contributed by atoms with Gasteiger partial charge in [0.2, 0.25) is 5.91 Å². The van der Waals surface area contributed by atoms with Crippen LogP contribution >= 0.6 is 0 Å². The second kappa shape index (κ2) is 7.87. The highest BCUT2D eigenvalue weighted by molar-refractivity contribution is 5.80. The van der Waals surface area contributed by atoms with Crippen LogP contribution < -0.4 is 10.6 Å². The third-order valence-corrected chi connectivity index (χ3v) is 3.37. The first-order valence-corrected chi connectivity index (χ1v) is 6.97. The average Bonchev–Trinajstić information content (AvgIpc) is 2.50. The molecule has 5 nitrogen and oxygen atoms in total. The van der Waals surface area contributed by atoms with Crippen LogP contribution in [-0.2, 0) is 20.7 Å². The van der Waals surface area contributed by atoms with Crippen LogP contribution in [0.25, 0.3) is 0 Å². The van der Waals surface area contributed by atoms with Crippen LogP contribution in [0, 0.1) is 5.92 Å². The highest BCUT2D eigenvalue weighted by Crippen LogP contribution is 2.24. The molecule has 1 unspecified atom stereocenters. The van der Waals surface area contributed by atoms with E-state index in [2.05, 4.69) is 16.7 Å². The molecule has 1 aliphatic rings. The summed E-state index contributed by atoms with van der Waals surface area (Å²) in [5.41, 5.74) is 2.34. The highest BCUT2D eigenvalue weighted by Gasteiger charge is 2.23. The predicted molar refractivity (Wildman–Crippen MR) is 77.8 cm³/mol. The molecule has 0 aliphatic carbocycles. The number of ether oxygens (including phenoxy) is 2. The summed E-state index contributed by atoms with van der Waals surface area (Å²) in [5.74, 6) is 0.0752. The van der Waals surface area contributed by atoms with Gasteiger partial charge in [0.05, 0.1) is 25.7 Å². The van der Waals surface area contributed by atoms with Crippen LogP contribution in [0.2, 0.25) is 0 Å². The molecule has 0 spiro atoms. The van der Waals surface area contributed by atoms with Crippen molar-refractivity contribution < 1.29 is 14.3 Å². The fourth-order valence-corrected chi connectivity index (χ4v) is 2.26. The van der Waals surface area contributed by atoms with Gasteiger partial charge in [0.25, 0.3) is 0 Å². The van der Waals surface area contributed by atoms with Gasteiger partial charge in [0.15, 0.2) is 0 Å². The van der Waals surface area contributed by atoms with E-state index in [4.69, 9.17) is 9.47 Å². The number of hydrogen-bond donors (Lipinski definition) is 2. The van der Waals surface area contributed by atoms with Gasteiger partial charge in [-0.2, -0.15) is 0 Å². The summed E-state index contributed by atoms with van der Waals surface area (Å²) in [6.07, 6.45) is 0.791. The van der Waals surface area contributed by atoms with Gasteiger partial charge in [0.1, 0.15) is 0 Å². The van der Waals surface area contributed by atoms with Crippen molar-refractivity contribution in [1.82, 2.24) is 5.32 Å². The molecule has 0 saturated heterocycles. The van der Waals surface area contributed by atoms with Crippen LogP contribution in [0.5, 0.6) is 0 Å². The number of rotatable bonds is 7. The third kappa shape index (κ3) is 4.21. The smallest absolute Gasteiger partial charge is 0.225 e. The van der Waals surface area contributed by atoms with Crippen molar-refractivity contribution >= 4 is 11.6 Å². The third-order valence-electron chi connectivity index (χ3n) is 3.37. The highest BCUT2D eigenvalue weighted by atomic mass is 16.5. The van der Waals surface area contributed by atoms with Gasteiger partial charge < -0.3 is 20.1 Å². The predicted octanol–water partition coefficient (Wildman–Crippen LogP) is 1.05. The van der Waals surface area contributed by atoms with Crippen LogP contribution in [-0.4, -0.2) is 45.9 Å². The molecular weight excluding hydrogens is 256 g/mol. The Labute approximate surface area is 119 Å². The molecule has 1 atom stereocenters. The Bertz CT molecular complexity index is 437. The molecule has 1 aromatic rings. The number of anilines is 1. The van der Waals surface area contributed by atoms with Crippen molar-refractivity contribution in [3.05, 3.63) is 29.8 Å². The minimum absolute atomic E-state index is 0.0103. The molecule has 1 amide bonds. The first kappa shape index (κ1) is 14.8. The van der Waals surface area contributed by atoms with E-state index in [0.29, 0.717) is 32.9 Å². The van der Waals surface area contributed by atoms with E-state index in [1.165, 1.54) is 5.56 Å². The van der Waals surface area contributed by atoms with Crippen molar-refractivity contribution in [2.75, 3.05) is 45.3 Å². The molecule has 20 heavy (non-hydrogen) atoms. The summed E-state index contributed by atoms with van der Waals surface area (Å²) in [6.45, 7) is 2.89. The lowest BCUT2D eigenvalue weighted by molar-refractivity contribution is -0.124. The zero-order valence-corrected chi connectivity index (χ0v) is 11.9. The lowest BCUT2D eigenvalue weighted by atomic mass is 9.93. The normalized spacial score (nSPS) is 17.1. The number of hydrogen-bond acceptors (Lipinski definition) is 4. The van der Waals surface area contributed by atoms with E-state index in [9.17, 15) is 4.79 Å². The minimum atomic E-state index is -0.0103. The molecule has 0 bridgehead atoms. The second-order valence-corrected chi connectivity index (χ2v) is 4.84. The molecule has 0 aromatic heterocycles. The minimum Gasteiger partial charge on any atom is -0.384 e. The number of carbonyl (C=O) groups excluding carboxylic acids is 1. The van der Waals surface area contributed by atoms with Gasteiger partial charge >= 0.3 is 0 Å². The lowest BCUT2D eigenvalue weighted by Crippen LogP contribution is -2.39. The molecular formula is C15H22N2O3. The second-order valence-electron chi connectivity index (χ2n) is 4.84. The zero-order chi connectivity index (χ0) is 14.2. The maximum Gasteiger partial charge on any atom is 0.225 e. The van der Waals surface area contributed by atoms with Crippen LogP contribution in [0.4, 0.5) is 5.69 Å². The van der Waals surface area contributed by atoms with Crippen molar-refractivity contribution in [2.45, 2.75) is 6.42 Å². The van der Waals surface area contributed by atoms with E-state index in [1.807, 2.05) is 18.2 Å². The number of benzene rings is 1. The standard InChI is InChI=1S/C15H22N2O3/c1-19-8-9-20-7-6-16-15(18)13-10-12-4-2-3-5-14(12)17-11-13/h2-5,13,17H,6-11H2,1H3,(H,16,18). The molecule has 1 aromatic carbocycles. The Morgan fingerprint density at radius 2 is 2.20 bits per heavy atom. The van der Waals surface area contributed by atoms with Crippen molar-refractivity contribution in [2.24, 2.45) is 5.92 Å². The molecule has 110 valence electrons. The molecule has 0 radical (unpaired) electrons. The molecule has 0 fully saturated rings. The Kier molecular flexibility index (Phi) is 5.83. The van der Waals surface area contributed by atoms with Gasteiger partial charge in [-0.1, -0.05) is 18.2 Å². The lowest BCUT2D eigenvalue weighted by Gasteiger charge is -2.25. The molecule has 2 rings (SSSR count). The van der Waals surface area contributed by atoms with Gasteiger partial charge in [0, 0.05) is 25.9 Å². The summed E-state index contributed by atoms with van der Waals surface area (Å²) >= 11 is 0. The molecule has 0 saturated carbocycles. The number of amides is 1. The van der Waals surface area contributed by atoms with Crippen LogP contribution in [0.1, 0.15) is 5.56 Å². The number of carbonyl (C=O) groups is 1. The summed E-state index contributed by atoms with van der Waals surface area (Å²) in [4.78, 5) is 12.1. The van der Waals surface area contributed by atoms with Crippen molar-refractivity contribution in [3.63, 3.8) is 0 Å². The van der Waals surface area contributed by atoms with Gasteiger partial charge in [-0.05, 0) is 18.1 Å². The topological polar surface area (TPSA) is 59.6 Å². The van der Waals surface area contributed by atoms with Gasteiger partial charge in [-0.15, -0.1) is 0 Å². The number of para-hydroxylation sites is 1. The van der Waals surface area contributed by atoms with E-state index in [-0.39, 0.29) is 11.8 Å². The fourth-order valence-electron chi connectivity index (χ4n) is 2.26. The molecule has 2 N–H and O–H groups in total. The summed E-state index contributed by atoms with van der Waals surface area (Å²) in [6, 6.07) is 8.12. The van der Waals surface area contributed by atoms with E-state index >= 15 is 0 Å². The maximum atomic E-state index is 12.1. The number of methoxy groups -OCH3 is 1. The Morgan fingerprint density at radius 3 is 3.05 bits per heavy atom. The summed E-state index contributed by atoms with van der Waals surface area (Å²) in [7, 11) is 1.64. The molecule has 1 aliphatic heterocycles. The van der Waals surface area contributed by atoms with Crippen LogP contribution in [0.15, 0.2) is 24.3 Å². The molecule has 5 heteroatoms. The fraction of sp³-hybridized carbons (Fsp3) is 0.533. The van der Waals surface area contributed by atoms with Gasteiger partial charge in [-0.25, -0.2) is 0 Å². The zero-order valence-electron chi connectivity index (χ0n) is 11.9. The Balaban J connectivity index is 1.69. The maximum absolute atomic E-state index is 12.1. The van der Waals surface area contributed by atoms with Crippen LogP contribution in [0.3, 0.4) is 0 Å². The first-order chi connectivity index (χ1) is 9.81. The van der Waals surface area contributed by atoms with E-state index in [0.717, 1.165) is 12.1 Å². The van der Waals surface area contributed by atoms with E-state index < -0.39 is 0 Å². The van der Waals surface area contributed by atoms with Crippen molar-refractivity contribution in [1.29, 1.82) is 0 Å². The van der Waals surface area contributed by atoms with Crippen molar-refractivity contribution in [3.8, 4) is 0 Å². The summed E-state index contributed by atoms with van der Waals surface area (Å²) in [5, 5.41) is 6.22. The molecule has 1 heterocycles. The summed E-state index contributed by atoms with van der Waals surface area (Å²) < 4.78 is 10.2. The average molecular weight is 278 g/mol. The number of nitrogens with one attached hydrogen (secondary N) is 2. The Hall–Kier alpha value is -1.59. The first-order valence-electron chi connectivity index (χ1n) is 6.97. The Morgan fingerprint density at radius 1 is 1.35 bits per heavy atom. The van der Waals surface area contributed by atoms with E-state index in [1.54, 1.807) is 7.11 Å². The largest absolute Gasteiger partial charge is 0.384 e. The number of fused-ring (bicyclic) bond motifs is 1. The van der Waals surface area contributed by atoms with Gasteiger partial charge in [-0.3, -0.25) is 4.79 Å². The SMILES string of the molecule is COCCOCCNC(=O)C1CNc2ccccc2C1. The quantitative estimate of drug-likeness (QED) is 0.732.